The number of amides is 2. The van der Waals surface area contributed by atoms with Crippen molar-refractivity contribution >= 4 is 29.4 Å². The van der Waals surface area contributed by atoms with Crippen molar-refractivity contribution in [2.45, 2.75) is 0 Å². The van der Waals surface area contributed by atoms with Crippen LogP contribution in [0.15, 0.2) is 42.5 Å². The minimum absolute atomic E-state index is 0.144. The molecule has 116 valence electrons. The lowest BCUT2D eigenvalue weighted by atomic mass is 10.1. The standard InChI is InChI=1S/C16H10ClNO5/c17-9-5-6-13(19)12(7-9)16(22)23-8-18-14(20)10-3-1-2-4-11(10)15(18)21/h1-7,19H,8H2. The van der Waals surface area contributed by atoms with Gasteiger partial charge in [-0.1, -0.05) is 23.7 Å². The highest BCUT2D eigenvalue weighted by Gasteiger charge is 2.35. The molecule has 0 fully saturated rings. The van der Waals surface area contributed by atoms with Crippen molar-refractivity contribution in [3.63, 3.8) is 0 Å². The number of hydrogen-bond acceptors (Lipinski definition) is 5. The lowest BCUT2D eigenvalue weighted by Crippen LogP contribution is -2.33. The van der Waals surface area contributed by atoms with Crippen molar-refractivity contribution in [1.82, 2.24) is 4.90 Å². The van der Waals surface area contributed by atoms with Gasteiger partial charge in [0.05, 0.1) is 11.1 Å². The summed E-state index contributed by atoms with van der Waals surface area (Å²) < 4.78 is 4.95. The van der Waals surface area contributed by atoms with Crippen LogP contribution in [0.1, 0.15) is 31.1 Å². The Labute approximate surface area is 135 Å². The van der Waals surface area contributed by atoms with Crippen molar-refractivity contribution in [2.75, 3.05) is 6.73 Å². The zero-order valence-electron chi connectivity index (χ0n) is 11.7. The number of hydrogen-bond donors (Lipinski definition) is 1. The first-order valence-corrected chi connectivity index (χ1v) is 6.97. The number of phenols is 1. The Morgan fingerprint density at radius 1 is 1.09 bits per heavy atom. The number of carbonyl (C=O) groups excluding carboxylic acids is 3. The Bertz CT molecular complexity index is 798. The summed E-state index contributed by atoms with van der Waals surface area (Å²) in [4.78, 5) is 37.0. The average molecular weight is 332 g/mol. The van der Waals surface area contributed by atoms with Gasteiger partial charge in [0.25, 0.3) is 11.8 Å². The number of benzene rings is 2. The van der Waals surface area contributed by atoms with E-state index in [1.54, 1.807) is 12.1 Å². The number of carbonyl (C=O) groups is 3. The predicted octanol–water partition coefficient (Wildman–Crippen LogP) is 2.46. The molecule has 1 heterocycles. The van der Waals surface area contributed by atoms with Gasteiger partial charge in [-0.15, -0.1) is 0 Å². The van der Waals surface area contributed by atoms with Crippen LogP contribution in [0, 0.1) is 0 Å². The zero-order chi connectivity index (χ0) is 16.6. The number of fused-ring (bicyclic) bond motifs is 1. The van der Waals surface area contributed by atoms with E-state index in [2.05, 4.69) is 0 Å². The van der Waals surface area contributed by atoms with E-state index in [9.17, 15) is 19.5 Å². The van der Waals surface area contributed by atoms with Crippen LogP contribution in [0.2, 0.25) is 5.02 Å². The molecule has 23 heavy (non-hydrogen) atoms. The molecule has 0 unspecified atom stereocenters. The lowest BCUT2D eigenvalue weighted by molar-refractivity contribution is 0.0226. The van der Waals surface area contributed by atoms with Gasteiger partial charge in [-0.25, -0.2) is 9.69 Å². The predicted molar refractivity (Wildman–Crippen MR) is 80.3 cm³/mol. The highest BCUT2D eigenvalue weighted by atomic mass is 35.5. The molecule has 1 aliphatic rings. The Morgan fingerprint density at radius 3 is 2.30 bits per heavy atom. The van der Waals surface area contributed by atoms with E-state index in [-0.39, 0.29) is 27.5 Å². The lowest BCUT2D eigenvalue weighted by Gasteiger charge is -2.14. The summed E-state index contributed by atoms with van der Waals surface area (Å²) in [5.41, 5.74) is 0.382. The van der Waals surface area contributed by atoms with Gasteiger partial charge in [0.2, 0.25) is 0 Å². The van der Waals surface area contributed by atoms with Crippen molar-refractivity contribution in [3.8, 4) is 5.75 Å². The van der Waals surface area contributed by atoms with Gasteiger partial charge in [-0.2, -0.15) is 0 Å². The van der Waals surface area contributed by atoms with Gasteiger partial charge in [0, 0.05) is 5.02 Å². The molecule has 0 aliphatic carbocycles. The normalized spacial score (nSPS) is 13.2. The topological polar surface area (TPSA) is 83.9 Å². The van der Waals surface area contributed by atoms with Crippen LogP contribution in [-0.2, 0) is 4.74 Å². The van der Waals surface area contributed by atoms with Gasteiger partial charge < -0.3 is 9.84 Å². The minimum Gasteiger partial charge on any atom is -0.507 e. The largest absolute Gasteiger partial charge is 0.507 e. The van der Waals surface area contributed by atoms with Gasteiger partial charge >= 0.3 is 5.97 Å². The fourth-order valence-electron chi connectivity index (χ4n) is 2.23. The van der Waals surface area contributed by atoms with Crippen LogP contribution in [0.25, 0.3) is 0 Å². The minimum atomic E-state index is -0.887. The number of rotatable bonds is 3. The average Bonchev–Trinajstić information content (AvgIpc) is 2.79. The molecule has 2 amide bonds. The molecule has 7 heteroatoms. The molecule has 0 bridgehead atoms. The van der Waals surface area contributed by atoms with Crippen LogP contribution in [-0.4, -0.2) is 34.5 Å². The van der Waals surface area contributed by atoms with Crippen LogP contribution in [0.3, 0.4) is 0 Å². The van der Waals surface area contributed by atoms with Crippen molar-refractivity contribution in [3.05, 3.63) is 64.2 Å². The summed E-state index contributed by atoms with van der Waals surface area (Å²) in [6, 6.07) is 10.2. The Balaban J connectivity index is 1.75. The Hall–Kier alpha value is -2.86. The maximum absolute atomic E-state index is 12.1. The molecule has 3 rings (SSSR count). The first-order valence-electron chi connectivity index (χ1n) is 6.60. The first kappa shape index (κ1) is 15.1. The molecule has 0 atom stereocenters. The summed E-state index contributed by atoms with van der Waals surface area (Å²) in [6.07, 6.45) is 0. The summed E-state index contributed by atoms with van der Waals surface area (Å²) >= 11 is 5.76. The number of esters is 1. The fourth-order valence-corrected chi connectivity index (χ4v) is 2.40. The maximum Gasteiger partial charge on any atom is 0.343 e. The summed E-state index contributed by atoms with van der Waals surface area (Å²) in [5, 5.41) is 9.88. The molecule has 0 radical (unpaired) electrons. The Kier molecular flexibility index (Phi) is 3.75. The highest BCUT2D eigenvalue weighted by Crippen LogP contribution is 2.24. The SMILES string of the molecule is O=C(OCN1C(=O)c2ccccc2C1=O)c1cc(Cl)ccc1O. The molecule has 0 spiro atoms. The second-order valence-corrected chi connectivity index (χ2v) is 5.24. The third-order valence-corrected chi connectivity index (χ3v) is 3.62. The molecule has 0 saturated carbocycles. The quantitative estimate of drug-likeness (QED) is 0.690. The third-order valence-electron chi connectivity index (χ3n) is 3.38. The van der Waals surface area contributed by atoms with Crippen LogP contribution in [0.5, 0.6) is 5.75 Å². The van der Waals surface area contributed by atoms with E-state index in [0.29, 0.717) is 0 Å². The first-order chi connectivity index (χ1) is 11.0. The number of halogens is 1. The van der Waals surface area contributed by atoms with Crippen molar-refractivity contribution in [2.24, 2.45) is 0 Å². The second-order valence-electron chi connectivity index (χ2n) is 4.81. The number of aromatic hydroxyl groups is 1. The second kappa shape index (κ2) is 5.73. The molecule has 1 N–H and O–H groups in total. The zero-order valence-corrected chi connectivity index (χ0v) is 12.4. The van der Waals surface area contributed by atoms with Crippen molar-refractivity contribution in [1.29, 1.82) is 0 Å². The van der Waals surface area contributed by atoms with Gasteiger partial charge in [-0.3, -0.25) is 9.59 Å². The number of ether oxygens (including phenoxy) is 1. The monoisotopic (exact) mass is 331 g/mol. The van der Waals surface area contributed by atoms with Crippen LogP contribution in [0.4, 0.5) is 0 Å². The van der Waals surface area contributed by atoms with E-state index in [4.69, 9.17) is 16.3 Å². The van der Waals surface area contributed by atoms with Gasteiger partial charge in [0.1, 0.15) is 11.3 Å². The molecular formula is C16H10ClNO5. The number of nitrogens with zero attached hydrogens (tertiary/aromatic N) is 1. The van der Waals surface area contributed by atoms with E-state index < -0.39 is 24.5 Å². The van der Waals surface area contributed by atoms with Crippen LogP contribution < -0.4 is 0 Å². The van der Waals surface area contributed by atoms with E-state index >= 15 is 0 Å². The highest BCUT2D eigenvalue weighted by molar-refractivity contribution is 6.31. The molecule has 0 aromatic heterocycles. The van der Waals surface area contributed by atoms with Crippen LogP contribution >= 0.6 is 11.6 Å². The van der Waals surface area contributed by atoms with E-state index in [1.165, 1.54) is 30.3 Å². The molecule has 6 nitrogen and oxygen atoms in total. The smallest absolute Gasteiger partial charge is 0.343 e. The molecule has 2 aromatic carbocycles. The number of phenolic OH excluding ortho intramolecular Hbond substituents is 1. The maximum atomic E-state index is 12.1. The van der Waals surface area contributed by atoms with Gasteiger partial charge in [-0.05, 0) is 30.3 Å². The summed E-state index contributed by atoms with van der Waals surface area (Å²) in [7, 11) is 0. The van der Waals surface area contributed by atoms with E-state index in [1.807, 2.05) is 0 Å². The summed E-state index contributed by atoms with van der Waals surface area (Å²) in [5.74, 6) is -2.26. The molecule has 2 aromatic rings. The molecule has 0 saturated heterocycles. The van der Waals surface area contributed by atoms with Crippen molar-refractivity contribution < 1.29 is 24.2 Å². The Morgan fingerprint density at radius 2 is 1.70 bits per heavy atom. The third kappa shape index (κ3) is 2.64. The molecule has 1 aliphatic heterocycles. The van der Waals surface area contributed by atoms with Gasteiger partial charge in [0.15, 0.2) is 6.73 Å². The van der Waals surface area contributed by atoms with E-state index in [0.717, 1.165) is 4.90 Å². The molecular weight excluding hydrogens is 322 g/mol. The summed E-state index contributed by atoms with van der Waals surface area (Å²) in [6.45, 7) is -0.545. The number of imide groups is 1. The fraction of sp³-hybridized carbons (Fsp3) is 0.0625.